The molecule has 0 saturated carbocycles. The van der Waals surface area contributed by atoms with Crippen LogP contribution in [0.3, 0.4) is 0 Å². The lowest BCUT2D eigenvalue weighted by molar-refractivity contribution is -0.132. The highest BCUT2D eigenvalue weighted by Gasteiger charge is 2.17. The Morgan fingerprint density at radius 1 is 1.20 bits per heavy atom. The summed E-state index contributed by atoms with van der Waals surface area (Å²) < 4.78 is 0. The molecule has 1 heterocycles. The van der Waals surface area contributed by atoms with Gasteiger partial charge in [0, 0.05) is 26.1 Å². The third-order valence-electron chi connectivity index (χ3n) is 3.78. The van der Waals surface area contributed by atoms with Crippen molar-refractivity contribution in [3.8, 4) is 0 Å². The molecule has 1 N–H and O–H groups in total. The highest BCUT2D eigenvalue weighted by molar-refractivity contribution is 5.76. The van der Waals surface area contributed by atoms with Gasteiger partial charge in [0.15, 0.2) is 0 Å². The van der Waals surface area contributed by atoms with Crippen LogP contribution in [0.5, 0.6) is 0 Å². The number of hydrogen-bond donors (Lipinski definition) is 1. The van der Waals surface area contributed by atoms with E-state index < -0.39 is 0 Å². The number of carbonyl (C=O) groups is 1. The van der Waals surface area contributed by atoms with Gasteiger partial charge in [-0.3, -0.25) is 4.79 Å². The van der Waals surface area contributed by atoms with Crippen LogP contribution in [0.1, 0.15) is 24.8 Å². The van der Waals surface area contributed by atoms with Gasteiger partial charge in [-0.25, -0.2) is 0 Å². The summed E-state index contributed by atoms with van der Waals surface area (Å²) in [5, 5.41) is 9.14. The Morgan fingerprint density at radius 2 is 1.90 bits per heavy atom. The minimum absolute atomic E-state index is 0.0162. The van der Waals surface area contributed by atoms with E-state index in [2.05, 4.69) is 4.90 Å². The largest absolute Gasteiger partial charge is 0.395 e. The first-order valence-electron chi connectivity index (χ1n) is 7.44. The second-order valence-electron chi connectivity index (χ2n) is 5.32. The van der Waals surface area contributed by atoms with Crippen LogP contribution < -0.4 is 0 Å². The molecule has 1 aromatic carbocycles. The Morgan fingerprint density at radius 3 is 2.55 bits per heavy atom. The predicted molar refractivity (Wildman–Crippen MR) is 79.2 cm³/mol. The quantitative estimate of drug-likeness (QED) is 0.820. The number of carbonyl (C=O) groups excluding carboxylic acids is 1. The molecule has 0 unspecified atom stereocenters. The lowest BCUT2D eigenvalue weighted by Gasteiger charge is -2.23. The molecule has 1 aliphatic rings. The van der Waals surface area contributed by atoms with E-state index >= 15 is 0 Å². The molecule has 20 heavy (non-hydrogen) atoms. The highest BCUT2D eigenvalue weighted by atomic mass is 16.3. The second kappa shape index (κ2) is 8.02. The fourth-order valence-electron chi connectivity index (χ4n) is 2.63. The fourth-order valence-corrected chi connectivity index (χ4v) is 2.63. The normalized spacial score (nSPS) is 15.4. The van der Waals surface area contributed by atoms with E-state index in [0.717, 1.165) is 25.2 Å². The first-order valence-corrected chi connectivity index (χ1v) is 7.44. The molecule has 0 aliphatic carbocycles. The van der Waals surface area contributed by atoms with Gasteiger partial charge in [0.25, 0.3) is 0 Å². The number of aliphatic hydroxyl groups is 1. The number of rotatable bonds is 7. The Labute approximate surface area is 121 Å². The van der Waals surface area contributed by atoms with Crippen LogP contribution in [0, 0.1) is 0 Å². The SMILES string of the molecule is O=C(CCN1CCCC1)N(CCO)Cc1ccccc1. The molecule has 1 aromatic rings. The minimum atomic E-state index is 0.0162. The van der Waals surface area contributed by atoms with Crippen LogP contribution in [0.25, 0.3) is 0 Å². The van der Waals surface area contributed by atoms with Crippen LogP contribution in [0.4, 0.5) is 0 Å². The Hall–Kier alpha value is -1.39. The summed E-state index contributed by atoms with van der Waals surface area (Å²) in [6, 6.07) is 9.94. The van der Waals surface area contributed by atoms with Crippen LogP contribution in [0.2, 0.25) is 0 Å². The van der Waals surface area contributed by atoms with Gasteiger partial charge in [0.1, 0.15) is 0 Å². The van der Waals surface area contributed by atoms with E-state index in [1.165, 1.54) is 12.8 Å². The molecule has 4 heteroatoms. The molecule has 1 amide bonds. The molecule has 1 fully saturated rings. The maximum absolute atomic E-state index is 12.3. The van der Waals surface area contributed by atoms with Crippen molar-refractivity contribution in [2.24, 2.45) is 0 Å². The number of aliphatic hydroxyl groups excluding tert-OH is 1. The van der Waals surface area contributed by atoms with E-state index in [-0.39, 0.29) is 12.5 Å². The zero-order valence-corrected chi connectivity index (χ0v) is 12.0. The van der Waals surface area contributed by atoms with Gasteiger partial charge in [-0.05, 0) is 31.5 Å². The number of nitrogens with zero attached hydrogens (tertiary/aromatic N) is 2. The number of benzene rings is 1. The van der Waals surface area contributed by atoms with Gasteiger partial charge < -0.3 is 14.9 Å². The Balaban J connectivity index is 1.84. The molecule has 4 nitrogen and oxygen atoms in total. The summed E-state index contributed by atoms with van der Waals surface area (Å²) in [4.78, 5) is 16.4. The van der Waals surface area contributed by atoms with Crippen molar-refractivity contribution in [1.82, 2.24) is 9.80 Å². The van der Waals surface area contributed by atoms with Crippen molar-refractivity contribution in [3.63, 3.8) is 0 Å². The summed E-state index contributed by atoms with van der Waals surface area (Å²) >= 11 is 0. The molecule has 110 valence electrons. The predicted octanol–water partition coefficient (Wildman–Crippen LogP) is 1.49. The molecule has 0 radical (unpaired) electrons. The monoisotopic (exact) mass is 276 g/mol. The first kappa shape index (κ1) is 15.0. The Kier molecular flexibility index (Phi) is 6.02. The molecular formula is C16H24N2O2. The summed E-state index contributed by atoms with van der Waals surface area (Å²) in [7, 11) is 0. The van der Waals surface area contributed by atoms with E-state index in [4.69, 9.17) is 5.11 Å². The van der Waals surface area contributed by atoms with E-state index in [1.807, 2.05) is 30.3 Å². The number of likely N-dealkylation sites (tertiary alicyclic amines) is 1. The zero-order valence-electron chi connectivity index (χ0n) is 12.0. The van der Waals surface area contributed by atoms with Gasteiger partial charge >= 0.3 is 0 Å². The first-order chi connectivity index (χ1) is 9.79. The maximum Gasteiger partial charge on any atom is 0.224 e. The maximum atomic E-state index is 12.3. The van der Waals surface area contributed by atoms with Crippen LogP contribution >= 0.6 is 0 Å². The van der Waals surface area contributed by atoms with Crippen molar-refractivity contribution in [2.75, 3.05) is 32.8 Å². The molecule has 2 rings (SSSR count). The van der Waals surface area contributed by atoms with Gasteiger partial charge in [-0.1, -0.05) is 30.3 Å². The van der Waals surface area contributed by atoms with E-state index in [0.29, 0.717) is 19.5 Å². The number of hydrogen-bond acceptors (Lipinski definition) is 3. The molecule has 0 atom stereocenters. The minimum Gasteiger partial charge on any atom is -0.395 e. The van der Waals surface area contributed by atoms with Crippen molar-refractivity contribution in [1.29, 1.82) is 0 Å². The van der Waals surface area contributed by atoms with Crippen LogP contribution in [-0.2, 0) is 11.3 Å². The summed E-state index contributed by atoms with van der Waals surface area (Å²) in [6.07, 6.45) is 3.05. The summed E-state index contributed by atoms with van der Waals surface area (Å²) in [5.41, 5.74) is 1.11. The second-order valence-corrected chi connectivity index (χ2v) is 5.32. The third kappa shape index (κ3) is 4.62. The smallest absolute Gasteiger partial charge is 0.224 e. The molecule has 1 aliphatic heterocycles. The van der Waals surface area contributed by atoms with Gasteiger partial charge in [0.05, 0.1) is 6.61 Å². The third-order valence-corrected chi connectivity index (χ3v) is 3.78. The summed E-state index contributed by atoms with van der Waals surface area (Å²) in [5.74, 6) is 0.134. The topological polar surface area (TPSA) is 43.8 Å². The van der Waals surface area contributed by atoms with Gasteiger partial charge in [0.2, 0.25) is 5.91 Å². The lowest BCUT2D eigenvalue weighted by Crippen LogP contribution is -2.35. The van der Waals surface area contributed by atoms with Crippen molar-refractivity contribution >= 4 is 5.91 Å². The van der Waals surface area contributed by atoms with Crippen molar-refractivity contribution in [2.45, 2.75) is 25.8 Å². The number of amides is 1. The van der Waals surface area contributed by atoms with Crippen molar-refractivity contribution < 1.29 is 9.90 Å². The van der Waals surface area contributed by atoms with Gasteiger partial charge in [-0.15, -0.1) is 0 Å². The molecule has 0 aromatic heterocycles. The Bertz CT molecular complexity index is 402. The average Bonchev–Trinajstić information content (AvgIpc) is 2.99. The molecule has 0 bridgehead atoms. The lowest BCUT2D eigenvalue weighted by atomic mass is 10.2. The van der Waals surface area contributed by atoms with E-state index in [1.54, 1.807) is 4.90 Å². The average molecular weight is 276 g/mol. The molecular weight excluding hydrogens is 252 g/mol. The standard InChI is InChI=1S/C16H24N2O2/c19-13-12-18(14-15-6-2-1-3-7-15)16(20)8-11-17-9-4-5-10-17/h1-3,6-7,19H,4-5,8-14H2. The van der Waals surface area contributed by atoms with E-state index in [9.17, 15) is 4.79 Å². The molecule has 0 spiro atoms. The van der Waals surface area contributed by atoms with Crippen molar-refractivity contribution in [3.05, 3.63) is 35.9 Å². The van der Waals surface area contributed by atoms with Crippen LogP contribution in [0.15, 0.2) is 30.3 Å². The molecule has 1 saturated heterocycles. The van der Waals surface area contributed by atoms with Crippen LogP contribution in [-0.4, -0.2) is 53.6 Å². The summed E-state index contributed by atoms with van der Waals surface area (Å²) in [6.45, 7) is 4.09. The van der Waals surface area contributed by atoms with Gasteiger partial charge in [-0.2, -0.15) is 0 Å². The fraction of sp³-hybridized carbons (Fsp3) is 0.562. The highest BCUT2D eigenvalue weighted by Crippen LogP contribution is 2.10. The zero-order chi connectivity index (χ0) is 14.2.